The van der Waals surface area contributed by atoms with Gasteiger partial charge in [-0.1, -0.05) is 12.1 Å². The third kappa shape index (κ3) is 2.95. The second-order valence-corrected chi connectivity index (χ2v) is 25.5. The second kappa shape index (κ2) is 9.66. The number of nitrogens with zero attached hydrogens (tertiary/aromatic N) is 1. The van der Waals surface area contributed by atoms with Crippen LogP contribution in [0.15, 0.2) is 24.3 Å². The third-order valence-corrected chi connectivity index (χ3v) is 26.6. The van der Waals surface area contributed by atoms with Gasteiger partial charge in [-0.05, 0) is 265 Å². The van der Waals surface area contributed by atoms with Crippen molar-refractivity contribution in [3.63, 3.8) is 0 Å². The van der Waals surface area contributed by atoms with E-state index in [4.69, 9.17) is 4.74 Å². The molecule has 18 rings (SSSR count). The van der Waals surface area contributed by atoms with Gasteiger partial charge in [0.25, 0.3) is 0 Å². The smallest absolute Gasteiger partial charge is 0.460 e. The molecule has 0 spiro atoms. The van der Waals surface area contributed by atoms with Crippen molar-refractivity contribution in [3.05, 3.63) is 35.4 Å². The molecule has 0 radical (unpaired) electrons. The number of benzene rings is 1. The molecule has 1 saturated heterocycles. The van der Waals surface area contributed by atoms with Crippen LogP contribution in [0.1, 0.15) is 80.3 Å². The van der Waals surface area contributed by atoms with Crippen molar-refractivity contribution in [2.45, 2.75) is 70.6 Å². The van der Waals surface area contributed by atoms with Gasteiger partial charge in [-0.25, -0.2) is 9.69 Å². The highest BCUT2D eigenvalue weighted by Crippen LogP contribution is 2.93. The van der Waals surface area contributed by atoms with Crippen LogP contribution in [0.2, 0.25) is 0 Å². The summed E-state index contributed by atoms with van der Waals surface area (Å²) >= 11 is 0. The molecule has 3 nitrogen and oxygen atoms in total. The zero-order chi connectivity index (χ0) is 37.5. The van der Waals surface area contributed by atoms with E-state index in [2.05, 4.69) is 0 Å². The molecule has 16 saturated carbocycles. The SMILES string of the molecule is CCOC(=O)c1ccc(C2C3C(CN2C(F)(F)F)C2C4CCC5C6CCC7C8CCC9C%10CCC%11C%12C%10C%10C9C8C8C7C6C6C5C4C4C2C(C%113)C%12C2C%10C8C6C42)cc1. The normalized spacial score (nSPS) is 69.0. The van der Waals surface area contributed by atoms with E-state index in [0.29, 0.717) is 47.7 Å². The van der Waals surface area contributed by atoms with Crippen LogP contribution >= 0.6 is 0 Å². The minimum absolute atomic E-state index is 0.0883. The number of fused-ring (bicyclic) bond motifs is 8. The number of carbonyl (C=O) groups is 1. The predicted molar refractivity (Wildman–Crippen MR) is 207 cm³/mol. The largest absolute Gasteiger partial charge is 0.462 e. The average Bonchev–Trinajstić information content (AvgIpc) is 4.08. The molecule has 0 aromatic heterocycles. The van der Waals surface area contributed by atoms with Crippen molar-refractivity contribution in [1.29, 1.82) is 0 Å². The van der Waals surface area contributed by atoms with Gasteiger partial charge in [-0.3, -0.25) is 0 Å². The van der Waals surface area contributed by atoms with Crippen molar-refractivity contribution in [2.75, 3.05) is 13.2 Å². The molecule has 306 valence electrons. The molecule has 6 heteroatoms. The quantitative estimate of drug-likeness (QED) is 0.226. The summed E-state index contributed by atoms with van der Waals surface area (Å²) in [5.74, 6) is 26.8. The van der Waals surface area contributed by atoms with Crippen LogP contribution in [0, 0.1) is 189 Å². The van der Waals surface area contributed by atoms with Gasteiger partial charge in [0.1, 0.15) is 0 Å². The molecular formula is C52H60F3NO2. The number of halogens is 3. The monoisotopic (exact) mass is 787 g/mol. The number of hydrogen-bond acceptors (Lipinski definition) is 3. The number of carbonyl (C=O) groups excluding carboxylic acids is 1. The maximum Gasteiger partial charge on any atom is 0.460 e. The lowest BCUT2D eigenvalue weighted by Crippen LogP contribution is -2.59. The van der Waals surface area contributed by atoms with Gasteiger partial charge >= 0.3 is 12.3 Å². The molecule has 1 aromatic rings. The number of alkyl halides is 3. The van der Waals surface area contributed by atoms with E-state index in [-0.39, 0.29) is 24.3 Å². The summed E-state index contributed by atoms with van der Waals surface area (Å²) in [6.45, 7) is 2.34. The van der Waals surface area contributed by atoms with Crippen LogP contribution in [0.4, 0.5) is 13.2 Å². The molecule has 33 unspecified atom stereocenters. The summed E-state index contributed by atoms with van der Waals surface area (Å²) in [5, 5.41) is 0. The molecule has 1 aromatic carbocycles. The van der Waals surface area contributed by atoms with Crippen molar-refractivity contribution >= 4 is 5.97 Å². The van der Waals surface area contributed by atoms with Crippen LogP contribution in [-0.2, 0) is 4.74 Å². The highest BCUT2D eigenvalue weighted by atomic mass is 19.4. The van der Waals surface area contributed by atoms with Crippen LogP contribution in [0.3, 0.4) is 0 Å². The Kier molecular flexibility index (Phi) is 5.36. The van der Waals surface area contributed by atoms with Crippen LogP contribution in [0.5, 0.6) is 0 Å². The van der Waals surface area contributed by atoms with Crippen molar-refractivity contribution in [2.24, 2.45) is 189 Å². The zero-order valence-corrected chi connectivity index (χ0v) is 33.8. The number of esters is 1. The predicted octanol–water partition coefficient (Wildman–Crippen LogP) is 9.80. The Balaban J connectivity index is 0.893. The Morgan fingerprint density at radius 1 is 0.483 bits per heavy atom. The van der Waals surface area contributed by atoms with Gasteiger partial charge in [-0.15, -0.1) is 0 Å². The molecular weight excluding hydrogens is 728 g/mol. The van der Waals surface area contributed by atoms with Crippen molar-refractivity contribution in [1.82, 2.24) is 4.90 Å². The van der Waals surface area contributed by atoms with Gasteiger partial charge in [0.15, 0.2) is 0 Å². The first-order chi connectivity index (χ1) is 28.4. The Hall–Kier alpha value is -1.56. The van der Waals surface area contributed by atoms with E-state index in [9.17, 15) is 4.79 Å². The van der Waals surface area contributed by atoms with Gasteiger partial charge in [0.05, 0.1) is 12.2 Å². The van der Waals surface area contributed by atoms with E-state index < -0.39 is 12.3 Å². The van der Waals surface area contributed by atoms with Gasteiger partial charge in [0.2, 0.25) is 0 Å². The van der Waals surface area contributed by atoms with Crippen molar-refractivity contribution < 1.29 is 22.7 Å². The summed E-state index contributed by atoms with van der Waals surface area (Å²) in [6.07, 6.45) is 7.35. The fourth-order valence-corrected chi connectivity index (χ4v) is 28.0. The van der Waals surface area contributed by atoms with E-state index in [0.717, 1.165) is 152 Å². The van der Waals surface area contributed by atoms with Crippen LogP contribution < -0.4 is 0 Å². The lowest BCUT2D eigenvalue weighted by molar-refractivity contribution is -0.254. The summed E-state index contributed by atoms with van der Waals surface area (Å²) in [4.78, 5) is 13.9. The van der Waals surface area contributed by atoms with Crippen molar-refractivity contribution in [3.8, 4) is 0 Å². The fourth-order valence-electron chi connectivity index (χ4n) is 28.0. The van der Waals surface area contributed by atoms with E-state index in [1.165, 1.54) is 32.1 Å². The highest BCUT2D eigenvalue weighted by Gasteiger charge is 2.90. The zero-order valence-electron chi connectivity index (χ0n) is 33.8. The summed E-state index contributed by atoms with van der Waals surface area (Å²) in [5.41, 5.74) is 1.29. The maximum atomic E-state index is 16.0. The average molecular weight is 788 g/mol. The fraction of sp³-hybridized carbons (Fsp3) is 0.865. The lowest BCUT2D eigenvalue weighted by Gasteiger charge is -2.62. The molecule has 17 fully saturated rings. The molecule has 1 aliphatic heterocycles. The first kappa shape index (κ1) is 32.2. The van der Waals surface area contributed by atoms with E-state index >= 15 is 13.2 Å². The lowest BCUT2D eigenvalue weighted by atomic mass is 9.42. The Labute approximate surface area is 341 Å². The van der Waals surface area contributed by atoms with Crippen LogP contribution in [0.25, 0.3) is 0 Å². The Morgan fingerprint density at radius 2 is 0.810 bits per heavy atom. The van der Waals surface area contributed by atoms with Gasteiger partial charge in [-0.2, -0.15) is 13.2 Å². The van der Waals surface area contributed by atoms with E-state index in [1.807, 2.05) is 19.1 Å². The number of likely N-dealkylation sites (tertiary alicyclic amines) is 1. The minimum Gasteiger partial charge on any atom is -0.462 e. The molecule has 0 amide bonds. The molecule has 17 aliphatic rings. The summed E-state index contributed by atoms with van der Waals surface area (Å²) in [6, 6.07) is 6.81. The molecule has 16 aliphatic carbocycles. The molecule has 1 heterocycles. The van der Waals surface area contributed by atoms with Crippen LogP contribution in [-0.4, -0.2) is 30.3 Å². The van der Waals surface area contributed by atoms with Gasteiger partial charge < -0.3 is 4.74 Å². The summed E-state index contributed by atoms with van der Waals surface area (Å²) in [7, 11) is 0. The molecule has 0 bridgehead atoms. The maximum absolute atomic E-state index is 16.0. The summed E-state index contributed by atoms with van der Waals surface area (Å²) < 4.78 is 53.2. The first-order valence-corrected chi connectivity index (χ1v) is 25.5. The second-order valence-electron chi connectivity index (χ2n) is 25.5. The number of hydrogen-bond donors (Lipinski definition) is 0. The molecule has 33 atom stereocenters. The molecule has 58 heavy (non-hydrogen) atoms. The first-order valence-electron chi connectivity index (χ1n) is 25.5. The Morgan fingerprint density at radius 3 is 1.22 bits per heavy atom. The standard InChI is InChI=1S/C52H60F3NO2/c1-2-58-51(57)17-5-3-16(4-6-17)50-37-26(15-56(50)52(53,54)55)27-24-13-11-22-20-9-7-18-19-8-10-21-23-12-14-25-35-33(23)41-31(21)29(19)39-28(18)30(20)40-32(22)34(24)42-38(27)44(36(25)37)43(35)49-47(41)45(39)46(40)48(42)49/h3-6,18-50H,2,7-15H2,1H3. The van der Waals surface area contributed by atoms with Gasteiger partial charge in [0, 0.05) is 12.6 Å². The molecule has 0 N–H and O–H groups in total. The highest BCUT2D eigenvalue weighted by molar-refractivity contribution is 5.89. The number of rotatable bonds is 3. The van der Waals surface area contributed by atoms with E-state index in [1.54, 1.807) is 31.4 Å². The minimum atomic E-state index is -4.36. The number of ether oxygens (including phenoxy) is 1. The third-order valence-electron chi connectivity index (χ3n) is 26.6. The Bertz CT molecular complexity index is 2100. The topological polar surface area (TPSA) is 29.5 Å².